The van der Waals surface area contributed by atoms with Crippen LogP contribution in [0.5, 0.6) is 0 Å². The summed E-state index contributed by atoms with van der Waals surface area (Å²) >= 11 is 0. The molecule has 3 aliphatic rings. The zero-order valence-corrected chi connectivity index (χ0v) is 18.3. The van der Waals surface area contributed by atoms with Gasteiger partial charge >= 0.3 is 0 Å². The quantitative estimate of drug-likeness (QED) is 0.755. The Hall–Kier alpha value is -2.99. The molecule has 6 nitrogen and oxygen atoms in total. The summed E-state index contributed by atoms with van der Waals surface area (Å²) < 4.78 is 0. The third-order valence-electron chi connectivity index (χ3n) is 7.09. The molecule has 2 atom stereocenters. The normalized spacial score (nSPS) is 24.2. The average molecular weight is 432 g/mol. The number of benzene rings is 2. The molecule has 2 aromatic rings. The molecule has 3 aliphatic heterocycles. The molecule has 2 saturated heterocycles. The summed E-state index contributed by atoms with van der Waals surface area (Å²) in [6.07, 6.45) is 4.10. The van der Waals surface area contributed by atoms with Crippen molar-refractivity contribution in [1.29, 1.82) is 0 Å². The summed E-state index contributed by atoms with van der Waals surface area (Å²) in [6, 6.07) is 16.3. The van der Waals surface area contributed by atoms with Gasteiger partial charge in [0.1, 0.15) is 6.04 Å². The number of fused-ring (bicyclic) bond motifs is 1. The molecule has 3 heterocycles. The molecule has 0 bridgehead atoms. The summed E-state index contributed by atoms with van der Waals surface area (Å²) in [7, 11) is 0. The van der Waals surface area contributed by atoms with E-state index in [9.17, 15) is 14.4 Å². The van der Waals surface area contributed by atoms with Crippen LogP contribution in [-0.2, 0) is 22.7 Å². The van der Waals surface area contributed by atoms with E-state index in [2.05, 4.69) is 52.7 Å². The van der Waals surface area contributed by atoms with Crippen LogP contribution in [0.3, 0.4) is 0 Å². The van der Waals surface area contributed by atoms with Crippen LogP contribution in [0.1, 0.15) is 65.1 Å². The lowest BCUT2D eigenvalue weighted by atomic mass is 9.90. The maximum absolute atomic E-state index is 12.9. The van der Waals surface area contributed by atoms with Gasteiger partial charge < -0.3 is 4.90 Å². The van der Waals surface area contributed by atoms with Crippen molar-refractivity contribution in [3.8, 4) is 0 Å². The lowest BCUT2D eigenvalue weighted by molar-refractivity contribution is -0.136. The van der Waals surface area contributed by atoms with Gasteiger partial charge in [-0.15, -0.1) is 0 Å². The third kappa shape index (κ3) is 4.19. The van der Waals surface area contributed by atoms with E-state index >= 15 is 0 Å². The second kappa shape index (κ2) is 8.87. The van der Waals surface area contributed by atoms with Crippen molar-refractivity contribution in [3.63, 3.8) is 0 Å². The Balaban J connectivity index is 1.26. The van der Waals surface area contributed by atoms with Gasteiger partial charge in [0.25, 0.3) is 5.91 Å². The van der Waals surface area contributed by atoms with Crippen molar-refractivity contribution in [3.05, 3.63) is 70.8 Å². The van der Waals surface area contributed by atoms with Crippen LogP contribution in [0.25, 0.3) is 0 Å². The number of hydrogen-bond acceptors (Lipinski definition) is 4. The molecule has 3 amide bonds. The maximum atomic E-state index is 12.9. The number of nitrogens with zero attached hydrogens (tertiary/aromatic N) is 2. The molecule has 0 spiro atoms. The fraction of sp³-hybridized carbons (Fsp3) is 0.423. The van der Waals surface area contributed by atoms with E-state index < -0.39 is 6.04 Å². The Morgan fingerprint density at radius 2 is 1.78 bits per heavy atom. The second-order valence-electron chi connectivity index (χ2n) is 9.21. The van der Waals surface area contributed by atoms with Gasteiger partial charge in [0.2, 0.25) is 11.8 Å². The Morgan fingerprint density at radius 1 is 0.938 bits per heavy atom. The smallest absolute Gasteiger partial charge is 0.255 e. The summed E-state index contributed by atoms with van der Waals surface area (Å²) in [6.45, 7) is 3.62. The van der Waals surface area contributed by atoms with Crippen molar-refractivity contribution in [1.82, 2.24) is 15.1 Å². The number of carbonyl (C=O) groups excluding carboxylic acids is 3. The predicted octanol–water partition coefficient (Wildman–Crippen LogP) is 3.22. The zero-order chi connectivity index (χ0) is 22.1. The molecular weight excluding hydrogens is 402 g/mol. The molecule has 6 heteroatoms. The van der Waals surface area contributed by atoms with Crippen molar-refractivity contribution in [2.75, 3.05) is 13.1 Å². The van der Waals surface area contributed by atoms with Crippen LogP contribution in [0.2, 0.25) is 0 Å². The van der Waals surface area contributed by atoms with Gasteiger partial charge in [-0.2, -0.15) is 0 Å². The largest absolute Gasteiger partial charge is 0.322 e. The second-order valence-corrected chi connectivity index (χ2v) is 9.21. The minimum Gasteiger partial charge on any atom is -0.322 e. The number of hydrogen-bond donors (Lipinski definition) is 1. The molecule has 0 aliphatic carbocycles. The van der Waals surface area contributed by atoms with E-state index in [4.69, 9.17) is 0 Å². The van der Waals surface area contributed by atoms with Gasteiger partial charge in [0, 0.05) is 25.1 Å². The minimum atomic E-state index is -0.555. The van der Waals surface area contributed by atoms with Crippen LogP contribution in [0.4, 0.5) is 0 Å². The molecule has 32 heavy (non-hydrogen) atoms. The zero-order valence-electron chi connectivity index (χ0n) is 18.3. The van der Waals surface area contributed by atoms with Gasteiger partial charge in [-0.3, -0.25) is 24.6 Å². The molecule has 1 N–H and O–H groups in total. The van der Waals surface area contributed by atoms with E-state index in [1.165, 1.54) is 11.1 Å². The van der Waals surface area contributed by atoms with Crippen molar-refractivity contribution < 1.29 is 14.4 Å². The van der Waals surface area contributed by atoms with Crippen LogP contribution < -0.4 is 5.32 Å². The predicted molar refractivity (Wildman–Crippen MR) is 121 cm³/mol. The monoisotopic (exact) mass is 431 g/mol. The van der Waals surface area contributed by atoms with Gasteiger partial charge in [-0.25, -0.2) is 0 Å². The Kier molecular flexibility index (Phi) is 5.79. The van der Waals surface area contributed by atoms with Crippen molar-refractivity contribution >= 4 is 17.7 Å². The first kappa shape index (κ1) is 20.9. The van der Waals surface area contributed by atoms with Gasteiger partial charge in [-0.1, -0.05) is 42.5 Å². The summed E-state index contributed by atoms with van der Waals surface area (Å²) in [5, 5.41) is 2.37. The minimum absolute atomic E-state index is 0.101. The Bertz CT molecular complexity index is 1040. The van der Waals surface area contributed by atoms with Crippen molar-refractivity contribution in [2.45, 2.75) is 57.2 Å². The molecule has 0 radical (unpaired) electrons. The standard InChI is InChI=1S/C26H29N3O3/c30-24-11-10-23(25(31)27-24)29-17-21-15-20(8-9-22(21)26(29)32)19-7-4-13-28(14-12-19)16-18-5-2-1-3-6-18/h1-3,5-6,8-9,15,19,23H,4,7,10-14,16-17H2,(H,27,30,31). The van der Waals surface area contributed by atoms with E-state index in [1.54, 1.807) is 4.90 Å². The molecule has 5 rings (SSSR count). The molecule has 2 unspecified atom stereocenters. The van der Waals surface area contributed by atoms with Gasteiger partial charge in [0.15, 0.2) is 0 Å². The lowest BCUT2D eigenvalue weighted by Crippen LogP contribution is -2.52. The first-order valence-corrected chi connectivity index (χ1v) is 11.6. The first-order valence-electron chi connectivity index (χ1n) is 11.6. The van der Waals surface area contributed by atoms with Crippen LogP contribution in [0.15, 0.2) is 48.5 Å². The number of imide groups is 1. The number of nitrogens with one attached hydrogen (secondary N) is 1. The number of likely N-dealkylation sites (tertiary alicyclic amines) is 1. The highest BCUT2D eigenvalue weighted by Crippen LogP contribution is 2.33. The van der Waals surface area contributed by atoms with E-state index in [0.29, 0.717) is 24.4 Å². The average Bonchev–Trinajstić information content (AvgIpc) is 2.95. The molecule has 2 aromatic carbocycles. The van der Waals surface area contributed by atoms with Crippen molar-refractivity contribution in [2.24, 2.45) is 0 Å². The summed E-state index contributed by atoms with van der Waals surface area (Å²) in [5.41, 5.74) is 4.35. The number of rotatable bonds is 4. The Labute approximate surface area is 188 Å². The molecule has 166 valence electrons. The number of carbonyl (C=O) groups is 3. The topological polar surface area (TPSA) is 69.7 Å². The van der Waals surface area contributed by atoms with E-state index in [0.717, 1.165) is 44.5 Å². The Morgan fingerprint density at radius 3 is 2.59 bits per heavy atom. The van der Waals surface area contributed by atoms with E-state index in [1.807, 2.05) is 6.07 Å². The number of amides is 3. The summed E-state index contributed by atoms with van der Waals surface area (Å²) in [4.78, 5) is 40.8. The van der Waals surface area contributed by atoms with Gasteiger partial charge in [0.05, 0.1) is 0 Å². The third-order valence-corrected chi connectivity index (χ3v) is 7.09. The van der Waals surface area contributed by atoms with Crippen LogP contribution >= 0.6 is 0 Å². The van der Waals surface area contributed by atoms with E-state index in [-0.39, 0.29) is 24.1 Å². The highest BCUT2D eigenvalue weighted by Gasteiger charge is 2.39. The molecule has 2 fully saturated rings. The van der Waals surface area contributed by atoms with Crippen LogP contribution in [-0.4, -0.2) is 46.7 Å². The fourth-order valence-electron chi connectivity index (χ4n) is 5.34. The maximum Gasteiger partial charge on any atom is 0.255 e. The SMILES string of the molecule is O=C1CCC(N2Cc3cc(C4CCCN(Cc5ccccc5)CC4)ccc3C2=O)C(=O)N1. The lowest BCUT2D eigenvalue weighted by Gasteiger charge is -2.29. The molecule has 0 aromatic heterocycles. The fourth-order valence-corrected chi connectivity index (χ4v) is 5.34. The summed E-state index contributed by atoms with van der Waals surface area (Å²) in [5.74, 6) is -0.228. The highest BCUT2D eigenvalue weighted by molar-refractivity contribution is 6.05. The van der Waals surface area contributed by atoms with Gasteiger partial charge in [-0.05, 0) is 67.4 Å². The molecule has 0 saturated carbocycles. The van der Waals surface area contributed by atoms with Crippen LogP contribution in [0, 0.1) is 0 Å². The highest BCUT2D eigenvalue weighted by atomic mass is 16.2. The first-order chi connectivity index (χ1) is 15.6. The molecular formula is C26H29N3O3. The number of piperidine rings is 1.